The highest BCUT2D eigenvalue weighted by Crippen LogP contribution is 2.39. The Kier molecular flexibility index (Phi) is 5.57. The standard InChI is InChI=1S/C27H22N2O2S/c1-18-8-9-21(14-19(18)2)24-16-32-27-25(24)26(28-17-29-27)31-23-12-10-22(11-13-23)30-15-20-6-4-3-5-7-20/h3-14,16-17H,15H2,1-2H3. The molecule has 0 unspecified atom stereocenters. The third-order valence-corrected chi connectivity index (χ3v) is 6.33. The number of fused-ring (bicyclic) bond motifs is 1. The van der Waals surface area contributed by atoms with Crippen molar-refractivity contribution in [1.82, 2.24) is 9.97 Å². The molecule has 0 atom stereocenters. The lowest BCUT2D eigenvalue weighted by Crippen LogP contribution is -1.95. The highest BCUT2D eigenvalue weighted by molar-refractivity contribution is 7.17. The van der Waals surface area contributed by atoms with Crippen LogP contribution in [0.4, 0.5) is 0 Å². The minimum atomic E-state index is 0.530. The van der Waals surface area contributed by atoms with Gasteiger partial charge in [0, 0.05) is 10.9 Å². The zero-order valence-corrected chi connectivity index (χ0v) is 18.7. The van der Waals surface area contributed by atoms with Gasteiger partial charge in [-0.1, -0.05) is 48.5 Å². The molecule has 5 aromatic rings. The Bertz CT molecular complexity index is 1360. The third kappa shape index (κ3) is 4.20. The first kappa shape index (κ1) is 20.2. The van der Waals surface area contributed by atoms with Gasteiger partial charge in [-0.2, -0.15) is 0 Å². The lowest BCUT2D eigenvalue weighted by atomic mass is 10.0. The highest BCUT2D eigenvalue weighted by Gasteiger charge is 2.15. The molecular weight excluding hydrogens is 416 g/mol. The molecule has 0 saturated heterocycles. The van der Waals surface area contributed by atoms with Gasteiger partial charge >= 0.3 is 0 Å². The number of benzene rings is 3. The number of thiophene rings is 1. The molecule has 0 aliphatic rings. The number of nitrogens with zero attached hydrogens (tertiary/aromatic N) is 2. The average Bonchev–Trinajstić information content (AvgIpc) is 3.26. The smallest absolute Gasteiger partial charge is 0.231 e. The molecule has 4 nitrogen and oxygen atoms in total. The fourth-order valence-corrected chi connectivity index (χ4v) is 4.41. The van der Waals surface area contributed by atoms with Crippen LogP contribution in [0, 0.1) is 13.8 Å². The molecule has 0 aliphatic carbocycles. The molecule has 5 heteroatoms. The van der Waals surface area contributed by atoms with Crippen LogP contribution in [0.3, 0.4) is 0 Å². The Balaban J connectivity index is 1.39. The van der Waals surface area contributed by atoms with Crippen molar-refractivity contribution in [3.8, 4) is 28.5 Å². The zero-order valence-electron chi connectivity index (χ0n) is 17.9. The lowest BCUT2D eigenvalue weighted by molar-refractivity contribution is 0.305. The fraction of sp³-hybridized carbons (Fsp3) is 0.111. The Labute approximate surface area is 191 Å². The summed E-state index contributed by atoms with van der Waals surface area (Å²) in [4.78, 5) is 9.79. The van der Waals surface area contributed by atoms with Gasteiger partial charge in [0.1, 0.15) is 29.3 Å². The summed E-state index contributed by atoms with van der Waals surface area (Å²) in [5.74, 6) is 2.05. The molecule has 0 fully saturated rings. The lowest BCUT2D eigenvalue weighted by Gasteiger charge is -2.10. The monoisotopic (exact) mass is 438 g/mol. The van der Waals surface area contributed by atoms with Gasteiger partial charge in [-0.05, 0) is 60.4 Å². The predicted octanol–water partition coefficient (Wildman–Crippen LogP) is 7.35. The summed E-state index contributed by atoms with van der Waals surface area (Å²) < 4.78 is 12.1. The van der Waals surface area contributed by atoms with Gasteiger partial charge in [0.25, 0.3) is 0 Å². The van der Waals surface area contributed by atoms with Gasteiger partial charge in [0.05, 0.1) is 5.39 Å². The zero-order chi connectivity index (χ0) is 21.9. The van der Waals surface area contributed by atoms with Crippen molar-refractivity contribution in [1.29, 1.82) is 0 Å². The second-order valence-corrected chi connectivity index (χ2v) is 8.51. The second-order valence-electron chi connectivity index (χ2n) is 7.66. The molecule has 2 aromatic heterocycles. The molecule has 0 bridgehead atoms. The van der Waals surface area contributed by atoms with Crippen molar-refractivity contribution in [2.24, 2.45) is 0 Å². The van der Waals surface area contributed by atoms with Crippen LogP contribution in [-0.4, -0.2) is 9.97 Å². The molecule has 3 aromatic carbocycles. The molecule has 0 aliphatic heterocycles. The van der Waals surface area contributed by atoms with Crippen molar-refractivity contribution in [2.45, 2.75) is 20.5 Å². The van der Waals surface area contributed by atoms with E-state index >= 15 is 0 Å². The van der Waals surface area contributed by atoms with Crippen LogP contribution in [0.25, 0.3) is 21.3 Å². The summed E-state index contributed by atoms with van der Waals surface area (Å²) in [7, 11) is 0. The number of aryl methyl sites for hydroxylation is 2. The van der Waals surface area contributed by atoms with Gasteiger partial charge in [0.2, 0.25) is 5.88 Å². The van der Waals surface area contributed by atoms with Crippen LogP contribution in [0.1, 0.15) is 16.7 Å². The van der Waals surface area contributed by atoms with E-state index in [1.807, 2.05) is 54.6 Å². The summed E-state index contributed by atoms with van der Waals surface area (Å²) in [5.41, 5.74) is 5.89. The topological polar surface area (TPSA) is 44.2 Å². The van der Waals surface area contributed by atoms with Crippen LogP contribution < -0.4 is 9.47 Å². The van der Waals surface area contributed by atoms with Crippen LogP contribution in [0.2, 0.25) is 0 Å². The Morgan fingerprint density at radius 1 is 0.812 bits per heavy atom. The van der Waals surface area contributed by atoms with E-state index in [0.717, 1.165) is 32.7 Å². The Morgan fingerprint density at radius 3 is 2.38 bits per heavy atom. The maximum absolute atomic E-state index is 6.18. The van der Waals surface area contributed by atoms with E-state index in [0.29, 0.717) is 18.2 Å². The van der Waals surface area contributed by atoms with E-state index in [1.165, 1.54) is 11.1 Å². The van der Waals surface area contributed by atoms with Crippen LogP contribution in [0.15, 0.2) is 84.5 Å². The maximum Gasteiger partial charge on any atom is 0.231 e. The number of hydrogen-bond donors (Lipinski definition) is 0. The van der Waals surface area contributed by atoms with Crippen molar-refractivity contribution < 1.29 is 9.47 Å². The van der Waals surface area contributed by atoms with Crippen molar-refractivity contribution in [2.75, 3.05) is 0 Å². The SMILES string of the molecule is Cc1ccc(-c2csc3ncnc(Oc4ccc(OCc5ccccc5)cc4)c23)cc1C. The molecule has 2 heterocycles. The molecule has 5 rings (SSSR count). The van der Waals surface area contributed by atoms with Crippen LogP contribution >= 0.6 is 11.3 Å². The molecule has 0 amide bonds. The van der Waals surface area contributed by atoms with Crippen LogP contribution in [-0.2, 0) is 6.61 Å². The van der Waals surface area contributed by atoms with Gasteiger partial charge < -0.3 is 9.47 Å². The molecular formula is C27H22N2O2S. The molecule has 0 N–H and O–H groups in total. The maximum atomic E-state index is 6.18. The number of aromatic nitrogens is 2. The minimum Gasteiger partial charge on any atom is -0.489 e. The van der Waals surface area contributed by atoms with E-state index in [-0.39, 0.29) is 0 Å². The Morgan fingerprint density at radius 2 is 1.59 bits per heavy atom. The van der Waals surface area contributed by atoms with Crippen molar-refractivity contribution in [3.05, 3.63) is 101 Å². The van der Waals surface area contributed by atoms with Crippen LogP contribution in [0.5, 0.6) is 17.4 Å². The summed E-state index contributed by atoms with van der Waals surface area (Å²) >= 11 is 1.60. The van der Waals surface area contributed by atoms with Crippen molar-refractivity contribution in [3.63, 3.8) is 0 Å². The second kappa shape index (κ2) is 8.81. The predicted molar refractivity (Wildman–Crippen MR) is 130 cm³/mol. The van der Waals surface area contributed by atoms with E-state index in [4.69, 9.17) is 9.47 Å². The molecule has 0 spiro atoms. The van der Waals surface area contributed by atoms with Gasteiger partial charge in [0.15, 0.2) is 0 Å². The summed E-state index contributed by atoms with van der Waals surface area (Å²) in [5, 5.41) is 3.06. The number of ether oxygens (including phenoxy) is 2. The quantitative estimate of drug-likeness (QED) is 0.278. The summed E-state index contributed by atoms with van der Waals surface area (Å²) in [6.45, 7) is 4.78. The molecule has 32 heavy (non-hydrogen) atoms. The molecule has 158 valence electrons. The van der Waals surface area contributed by atoms with E-state index in [9.17, 15) is 0 Å². The highest BCUT2D eigenvalue weighted by atomic mass is 32.1. The average molecular weight is 439 g/mol. The molecule has 0 saturated carbocycles. The normalized spacial score (nSPS) is 10.9. The van der Waals surface area contributed by atoms with E-state index in [1.54, 1.807) is 17.7 Å². The first-order chi connectivity index (χ1) is 15.7. The first-order valence-corrected chi connectivity index (χ1v) is 11.3. The first-order valence-electron chi connectivity index (χ1n) is 10.4. The van der Waals surface area contributed by atoms with Gasteiger partial charge in [-0.25, -0.2) is 9.97 Å². The Hall–Kier alpha value is -3.70. The van der Waals surface area contributed by atoms with Gasteiger partial charge in [-0.3, -0.25) is 0 Å². The number of rotatable bonds is 6. The fourth-order valence-electron chi connectivity index (χ4n) is 3.50. The third-order valence-electron chi connectivity index (χ3n) is 5.44. The van der Waals surface area contributed by atoms with E-state index in [2.05, 4.69) is 47.4 Å². The summed E-state index contributed by atoms with van der Waals surface area (Å²) in [6, 6.07) is 24.2. The minimum absolute atomic E-state index is 0.530. The van der Waals surface area contributed by atoms with Gasteiger partial charge in [-0.15, -0.1) is 11.3 Å². The van der Waals surface area contributed by atoms with Crippen molar-refractivity contribution >= 4 is 21.6 Å². The van der Waals surface area contributed by atoms with E-state index < -0.39 is 0 Å². The largest absolute Gasteiger partial charge is 0.489 e. The molecule has 0 radical (unpaired) electrons. The number of hydrogen-bond acceptors (Lipinski definition) is 5. The summed E-state index contributed by atoms with van der Waals surface area (Å²) in [6.07, 6.45) is 1.55.